The van der Waals surface area contributed by atoms with E-state index < -0.39 is 11.6 Å². The van der Waals surface area contributed by atoms with Crippen LogP contribution in [-0.2, 0) is 4.79 Å². The van der Waals surface area contributed by atoms with E-state index in [1.165, 1.54) is 4.90 Å². The zero-order chi connectivity index (χ0) is 11.9. The highest BCUT2D eigenvalue weighted by Gasteiger charge is 2.29. The van der Waals surface area contributed by atoms with Crippen molar-refractivity contribution < 1.29 is 13.6 Å². The van der Waals surface area contributed by atoms with Gasteiger partial charge in [0.25, 0.3) is 0 Å². The first-order chi connectivity index (χ1) is 7.49. The number of amides is 1. The molecule has 0 aromatic heterocycles. The molecule has 1 unspecified atom stereocenters. The summed E-state index contributed by atoms with van der Waals surface area (Å²) in [6.07, 6.45) is 0.217. The molecule has 1 aliphatic rings. The van der Waals surface area contributed by atoms with E-state index in [0.717, 1.165) is 12.1 Å². The first kappa shape index (κ1) is 11.7. The number of nitrogens with zero attached hydrogens (tertiary/aromatic N) is 1. The Morgan fingerprint density at radius 2 is 1.94 bits per heavy atom. The first-order valence-electron chi connectivity index (χ1n) is 4.69. The maximum atomic E-state index is 13.3. The van der Waals surface area contributed by atoms with E-state index in [-0.39, 0.29) is 27.6 Å². The zero-order valence-corrected chi connectivity index (χ0v) is 10.4. The van der Waals surface area contributed by atoms with Crippen LogP contribution in [0.15, 0.2) is 12.1 Å². The summed E-state index contributed by atoms with van der Waals surface area (Å²) in [5.74, 6) is -1.53. The standard InChI is InChI=1S/C10H9F2IN2O/c11-7-2-6(3-8(12)10(7)13)15-4-5(14)1-9(15)16/h2-3,5H,1,4,14H2. The molecule has 1 fully saturated rings. The molecule has 0 bridgehead atoms. The molecule has 2 N–H and O–H groups in total. The molecule has 1 amide bonds. The molecule has 0 radical (unpaired) electrons. The fourth-order valence-electron chi connectivity index (χ4n) is 1.68. The maximum absolute atomic E-state index is 13.3. The zero-order valence-electron chi connectivity index (χ0n) is 8.21. The molecule has 1 aromatic rings. The van der Waals surface area contributed by atoms with Gasteiger partial charge >= 0.3 is 0 Å². The Morgan fingerprint density at radius 1 is 1.38 bits per heavy atom. The van der Waals surface area contributed by atoms with Crippen LogP contribution < -0.4 is 10.6 Å². The molecule has 1 saturated heterocycles. The summed E-state index contributed by atoms with van der Waals surface area (Å²) in [6, 6.07) is 2.04. The number of benzene rings is 1. The lowest BCUT2D eigenvalue weighted by molar-refractivity contribution is -0.117. The van der Waals surface area contributed by atoms with Crippen molar-refractivity contribution in [3.63, 3.8) is 0 Å². The highest BCUT2D eigenvalue weighted by molar-refractivity contribution is 14.1. The third kappa shape index (κ3) is 2.03. The van der Waals surface area contributed by atoms with Crippen LogP contribution >= 0.6 is 22.6 Å². The van der Waals surface area contributed by atoms with Crippen LogP contribution in [0.1, 0.15) is 6.42 Å². The van der Waals surface area contributed by atoms with Crippen LogP contribution in [0.2, 0.25) is 0 Å². The number of carbonyl (C=O) groups is 1. The van der Waals surface area contributed by atoms with Gasteiger partial charge in [0, 0.05) is 24.7 Å². The van der Waals surface area contributed by atoms with E-state index in [1.807, 2.05) is 0 Å². The minimum absolute atomic E-state index is 0.0719. The second-order valence-corrected chi connectivity index (χ2v) is 4.77. The predicted octanol–water partition coefficient (Wildman–Crippen LogP) is 1.63. The molecule has 0 saturated carbocycles. The van der Waals surface area contributed by atoms with Crippen LogP contribution in [0.3, 0.4) is 0 Å². The third-order valence-corrected chi connectivity index (χ3v) is 3.47. The Bertz CT molecular complexity index is 429. The predicted molar refractivity (Wildman–Crippen MR) is 64.0 cm³/mol. The van der Waals surface area contributed by atoms with Crippen LogP contribution in [0, 0.1) is 15.2 Å². The van der Waals surface area contributed by atoms with Crippen molar-refractivity contribution in [1.82, 2.24) is 0 Å². The lowest BCUT2D eigenvalue weighted by atomic mass is 10.2. The molecule has 1 aliphatic heterocycles. The number of carbonyl (C=O) groups excluding carboxylic acids is 1. The van der Waals surface area contributed by atoms with Gasteiger partial charge in [0.2, 0.25) is 5.91 Å². The average molecular weight is 338 g/mol. The normalized spacial score (nSPS) is 20.6. The number of hydrogen-bond donors (Lipinski definition) is 1. The van der Waals surface area contributed by atoms with E-state index in [0.29, 0.717) is 6.54 Å². The van der Waals surface area contributed by atoms with Crippen molar-refractivity contribution in [1.29, 1.82) is 0 Å². The lowest BCUT2D eigenvalue weighted by Crippen LogP contribution is -2.28. The van der Waals surface area contributed by atoms with Crippen molar-refractivity contribution in [2.75, 3.05) is 11.4 Å². The molecular weight excluding hydrogens is 329 g/mol. The van der Waals surface area contributed by atoms with Crippen LogP contribution in [0.4, 0.5) is 14.5 Å². The fourth-order valence-corrected chi connectivity index (χ4v) is 1.99. The molecule has 1 heterocycles. The van der Waals surface area contributed by atoms with Crippen LogP contribution in [0.5, 0.6) is 0 Å². The molecule has 0 aliphatic carbocycles. The fraction of sp³-hybridized carbons (Fsp3) is 0.300. The summed E-state index contributed by atoms with van der Waals surface area (Å²) < 4.78 is 26.5. The summed E-state index contributed by atoms with van der Waals surface area (Å²) in [7, 11) is 0. The number of anilines is 1. The Balaban J connectivity index is 2.38. The van der Waals surface area contributed by atoms with E-state index >= 15 is 0 Å². The second-order valence-electron chi connectivity index (χ2n) is 3.69. The summed E-state index contributed by atoms with van der Waals surface area (Å²) in [4.78, 5) is 12.8. The van der Waals surface area contributed by atoms with Gasteiger partial charge in [-0.3, -0.25) is 4.79 Å². The van der Waals surface area contributed by atoms with Crippen molar-refractivity contribution in [3.05, 3.63) is 27.3 Å². The van der Waals surface area contributed by atoms with Gasteiger partial charge in [0.1, 0.15) is 11.6 Å². The highest BCUT2D eigenvalue weighted by atomic mass is 127. The Labute approximate surface area is 105 Å². The molecule has 16 heavy (non-hydrogen) atoms. The van der Waals surface area contributed by atoms with Gasteiger partial charge in [-0.25, -0.2) is 8.78 Å². The van der Waals surface area contributed by atoms with Crippen molar-refractivity contribution in [3.8, 4) is 0 Å². The Hall–Kier alpha value is -0.760. The summed E-state index contributed by atoms with van der Waals surface area (Å²) in [5.41, 5.74) is 5.84. The first-order valence-corrected chi connectivity index (χ1v) is 5.77. The van der Waals surface area contributed by atoms with Crippen molar-refractivity contribution >= 4 is 34.2 Å². The largest absolute Gasteiger partial charge is 0.326 e. The molecule has 0 spiro atoms. The topological polar surface area (TPSA) is 46.3 Å². The molecule has 1 atom stereocenters. The van der Waals surface area contributed by atoms with Gasteiger partial charge in [-0.05, 0) is 34.7 Å². The third-order valence-electron chi connectivity index (χ3n) is 2.44. The van der Waals surface area contributed by atoms with Crippen LogP contribution in [-0.4, -0.2) is 18.5 Å². The summed E-state index contributed by atoms with van der Waals surface area (Å²) >= 11 is 1.58. The Morgan fingerprint density at radius 3 is 2.38 bits per heavy atom. The quantitative estimate of drug-likeness (QED) is 0.625. The Kier molecular flexibility index (Phi) is 3.11. The lowest BCUT2D eigenvalue weighted by Gasteiger charge is -2.16. The maximum Gasteiger partial charge on any atom is 0.228 e. The van der Waals surface area contributed by atoms with E-state index in [2.05, 4.69) is 0 Å². The molecule has 3 nitrogen and oxygen atoms in total. The number of halogens is 3. The molecule has 6 heteroatoms. The van der Waals surface area contributed by atoms with Crippen LogP contribution in [0.25, 0.3) is 0 Å². The van der Waals surface area contributed by atoms with Crippen molar-refractivity contribution in [2.24, 2.45) is 5.73 Å². The number of hydrogen-bond acceptors (Lipinski definition) is 2. The minimum Gasteiger partial charge on any atom is -0.326 e. The monoisotopic (exact) mass is 338 g/mol. The molecule has 1 aromatic carbocycles. The van der Waals surface area contributed by atoms with E-state index in [4.69, 9.17) is 5.73 Å². The molecule has 2 rings (SSSR count). The number of nitrogens with two attached hydrogens (primary N) is 1. The van der Waals surface area contributed by atoms with Gasteiger partial charge in [0.15, 0.2) is 0 Å². The average Bonchev–Trinajstić information content (AvgIpc) is 2.53. The molecular formula is C10H9F2IN2O. The minimum atomic E-state index is -0.663. The highest BCUT2D eigenvalue weighted by Crippen LogP contribution is 2.26. The van der Waals surface area contributed by atoms with Gasteiger partial charge in [-0.2, -0.15) is 0 Å². The summed E-state index contributed by atoms with van der Waals surface area (Å²) in [5, 5.41) is 0. The SMILES string of the molecule is NC1CC(=O)N(c2cc(F)c(I)c(F)c2)C1. The second kappa shape index (κ2) is 4.25. The van der Waals surface area contributed by atoms with Gasteiger partial charge in [-0.1, -0.05) is 0 Å². The van der Waals surface area contributed by atoms with Gasteiger partial charge in [0.05, 0.1) is 3.57 Å². The number of rotatable bonds is 1. The van der Waals surface area contributed by atoms with Gasteiger partial charge in [-0.15, -0.1) is 0 Å². The van der Waals surface area contributed by atoms with Crippen molar-refractivity contribution in [2.45, 2.75) is 12.5 Å². The molecule has 86 valence electrons. The van der Waals surface area contributed by atoms with Gasteiger partial charge < -0.3 is 10.6 Å². The van der Waals surface area contributed by atoms with E-state index in [9.17, 15) is 13.6 Å². The smallest absolute Gasteiger partial charge is 0.228 e. The van der Waals surface area contributed by atoms with E-state index in [1.54, 1.807) is 22.6 Å². The summed E-state index contributed by atoms with van der Waals surface area (Å²) in [6.45, 7) is 0.304.